The average Bonchev–Trinajstić information content (AvgIpc) is 2.87. The number of benzene rings is 1. The van der Waals surface area contributed by atoms with Gasteiger partial charge in [0.1, 0.15) is 5.75 Å². The van der Waals surface area contributed by atoms with Crippen LogP contribution < -0.4 is 5.32 Å². The van der Waals surface area contributed by atoms with Crippen LogP contribution in [0.25, 0.3) is 0 Å². The van der Waals surface area contributed by atoms with Gasteiger partial charge in [0.2, 0.25) is 5.91 Å². The molecule has 0 bridgehead atoms. The second kappa shape index (κ2) is 6.06. The highest BCUT2D eigenvalue weighted by Gasteiger charge is 2.34. The van der Waals surface area contributed by atoms with Gasteiger partial charge in [-0.15, -0.1) is 0 Å². The fourth-order valence-corrected chi connectivity index (χ4v) is 2.70. The highest BCUT2D eigenvalue weighted by atomic mass is 16.3. The zero-order chi connectivity index (χ0) is 13.7. The van der Waals surface area contributed by atoms with Gasteiger partial charge in [-0.1, -0.05) is 31.0 Å². The number of aryl methyl sites for hydroxylation is 1. The maximum Gasteiger partial charge on any atom is 0.220 e. The largest absolute Gasteiger partial charge is 0.508 e. The number of para-hydroxylation sites is 1. The molecule has 0 spiro atoms. The van der Waals surface area contributed by atoms with Crippen LogP contribution in [0.2, 0.25) is 0 Å². The molecule has 19 heavy (non-hydrogen) atoms. The lowest BCUT2D eigenvalue weighted by Crippen LogP contribution is -2.49. The van der Waals surface area contributed by atoms with Gasteiger partial charge in [-0.05, 0) is 30.9 Å². The third-order valence-corrected chi connectivity index (χ3v) is 3.88. The van der Waals surface area contributed by atoms with Crippen LogP contribution in [0.5, 0.6) is 5.75 Å². The van der Waals surface area contributed by atoms with E-state index in [1.165, 1.54) is 0 Å². The number of aliphatic hydroxyl groups is 1. The molecule has 0 atom stereocenters. The minimum absolute atomic E-state index is 0.00925. The number of rotatable bonds is 5. The first-order valence-corrected chi connectivity index (χ1v) is 6.84. The molecule has 0 heterocycles. The Balaban J connectivity index is 1.86. The van der Waals surface area contributed by atoms with Crippen LogP contribution >= 0.6 is 0 Å². The van der Waals surface area contributed by atoms with Gasteiger partial charge in [0.15, 0.2) is 0 Å². The molecule has 1 aromatic rings. The maximum atomic E-state index is 11.9. The van der Waals surface area contributed by atoms with Crippen molar-refractivity contribution >= 4 is 5.91 Å². The molecule has 104 valence electrons. The van der Waals surface area contributed by atoms with Crippen LogP contribution in [-0.4, -0.2) is 28.3 Å². The number of aromatic hydroxyl groups is 1. The second-order valence-corrected chi connectivity index (χ2v) is 5.32. The summed E-state index contributed by atoms with van der Waals surface area (Å²) in [5.74, 6) is 0.173. The molecule has 1 amide bonds. The summed E-state index contributed by atoms with van der Waals surface area (Å²) in [7, 11) is 0. The van der Waals surface area contributed by atoms with Gasteiger partial charge in [-0.2, -0.15) is 0 Å². The Morgan fingerprint density at radius 1 is 1.26 bits per heavy atom. The molecular formula is C15H21NO3. The highest BCUT2D eigenvalue weighted by Crippen LogP contribution is 2.29. The summed E-state index contributed by atoms with van der Waals surface area (Å²) in [6.45, 7) is 0.00925. The SMILES string of the molecule is O=C(CCc1ccccc1O)NC1(CO)CCCC1. The summed E-state index contributed by atoms with van der Waals surface area (Å²) in [5, 5.41) is 22.0. The van der Waals surface area contributed by atoms with Crippen molar-refractivity contribution in [3.63, 3.8) is 0 Å². The van der Waals surface area contributed by atoms with Crippen molar-refractivity contribution in [2.45, 2.75) is 44.1 Å². The van der Waals surface area contributed by atoms with Crippen LogP contribution in [0.15, 0.2) is 24.3 Å². The number of carbonyl (C=O) groups excluding carboxylic acids is 1. The Kier molecular flexibility index (Phi) is 4.43. The number of nitrogens with one attached hydrogen (secondary N) is 1. The van der Waals surface area contributed by atoms with Crippen LogP contribution in [0.4, 0.5) is 0 Å². The Labute approximate surface area is 113 Å². The Bertz CT molecular complexity index is 439. The summed E-state index contributed by atoms with van der Waals surface area (Å²) in [6, 6.07) is 7.05. The first-order valence-electron chi connectivity index (χ1n) is 6.84. The first kappa shape index (κ1) is 13.9. The molecule has 2 rings (SSSR count). The lowest BCUT2D eigenvalue weighted by Gasteiger charge is -2.28. The maximum absolute atomic E-state index is 11.9. The standard InChI is InChI=1S/C15H21NO3/c17-11-15(9-3-4-10-15)16-14(19)8-7-12-5-1-2-6-13(12)18/h1-2,5-6,17-18H,3-4,7-11H2,(H,16,19). The number of amides is 1. The quantitative estimate of drug-likeness (QED) is 0.758. The second-order valence-electron chi connectivity index (χ2n) is 5.32. The lowest BCUT2D eigenvalue weighted by molar-refractivity contribution is -0.123. The highest BCUT2D eigenvalue weighted by molar-refractivity contribution is 5.77. The molecule has 1 aliphatic carbocycles. The van der Waals surface area contributed by atoms with Crippen LogP contribution in [0, 0.1) is 0 Å². The normalized spacial score (nSPS) is 17.3. The predicted molar refractivity (Wildman–Crippen MR) is 72.9 cm³/mol. The zero-order valence-corrected chi connectivity index (χ0v) is 11.1. The molecule has 1 fully saturated rings. The molecule has 0 aliphatic heterocycles. The molecule has 1 aliphatic rings. The number of aliphatic hydroxyl groups excluding tert-OH is 1. The summed E-state index contributed by atoms with van der Waals surface area (Å²) >= 11 is 0. The molecule has 1 aromatic carbocycles. The number of phenols is 1. The number of hydrogen-bond donors (Lipinski definition) is 3. The van der Waals surface area contributed by atoms with Crippen molar-refractivity contribution in [3.8, 4) is 5.75 Å². The predicted octanol–water partition coefficient (Wildman–Crippen LogP) is 1.75. The Hall–Kier alpha value is -1.55. The van der Waals surface area contributed by atoms with E-state index in [-0.39, 0.29) is 18.3 Å². The average molecular weight is 263 g/mol. The summed E-state index contributed by atoms with van der Waals surface area (Å²) in [5.41, 5.74) is 0.373. The van der Waals surface area contributed by atoms with Gasteiger partial charge >= 0.3 is 0 Å². The van der Waals surface area contributed by atoms with Gasteiger partial charge in [0.25, 0.3) is 0 Å². The zero-order valence-electron chi connectivity index (χ0n) is 11.1. The van der Waals surface area contributed by atoms with Gasteiger partial charge in [0.05, 0.1) is 12.1 Å². The third-order valence-electron chi connectivity index (χ3n) is 3.88. The summed E-state index contributed by atoms with van der Waals surface area (Å²) < 4.78 is 0. The molecule has 0 aromatic heterocycles. The Morgan fingerprint density at radius 2 is 1.95 bits per heavy atom. The van der Waals surface area contributed by atoms with Gasteiger partial charge in [0, 0.05) is 6.42 Å². The fourth-order valence-electron chi connectivity index (χ4n) is 2.70. The topological polar surface area (TPSA) is 69.6 Å². The van der Waals surface area contributed by atoms with E-state index in [2.05, 4.69) is 5.32 Å². The number of phenolic OH excluding ortho intramolecular Hbond substituents is 1. The van der Waals surface area contributed by atoms with Crippen molar-refractivity contribution in [1.29, 1.82) is 0 Å². The molecular weight excluding hydrogens is 242 g/mol. The van der Waals surface area contributed by atoms with Crippen LogP contribution in [0.1, 0.15) is 37.7 Å². The van der Waals surface area contributed by atoms with E-state index in [4.69, 9.17) is 0 Å². The minimum Gasteiger partial charge on any atom is -0.508 e. The molecule has 3 N–H and O–H groups in total. The smallest absolute Gasteiger partial charge is 0.220 e. The van der Waals surface area contributed by atoms with Crippen LogP contribution in [0.3, 0.4) is 0 Å². The van der Waals surface area contributed by atoms with Crippen molar-refractivity contribution in [2.24, 2.45) is 0 Å². The van der Waals surface area contributed by atoms with E-state index >= 15 is 0 Å². The van der Waals surface area contributed by atoms with Crippen molar-refractivity contribution in [2.75, 3.05) is 6.61 Å². The lowest BCUT2D eigenvalue weighted by atomic mass is 9.98. The van der Waals surface area contributed by atoms with Crippen molar-refractivity contribution in [3.05, 3.63) is 29.8 Å². The van der Waals surface area contributed by atoms with E-state index in [0.29, 0.717) is 12.8 Å². The van der Waals surface area contributed by atoms with E-state index in [1.54, 1.807) is 12.1 Å². The van der Waals surface area contributed by atoms with E-state index in [9.17, 15) is 15.0 Å². The van der Waals surface area contributed by atoms with E-state index in [0.717, 1.165) is 31.2 Å². The van der Waals surface area contributed by atoms with Gasteiger partial charge in [-0.3, -0.25) is 4.79 Å². The molecule has 0 radical (unpaired) electrons. The molecule has 4 heteroatoms. The molecule has 4 nitrogen and oxygen atoms in total. The van der Waals surface area contributed by atoms with E-state index < -0.39 is 5.54 Å². The van der Waals surface area contributed by atoms with Gasteiger partial charge in [-0.25, -0.2) is 0 Å². The number of hydrogen-bond acceptors (Lipinski definition) is 3. The molecule has 1 saturated carbocycles. The molecule has 0 saturated heterocycles. The monoisotopic (exact) mass is 263 g/mol. The van der Waals surface area contributed by atoms with Crippen molar-refractivity contribution in [1.82, 2.24) is 5.32 Å². The van der Waals surface area contributed by atoms with E-state index in [1.807, 2.05) is 12.1 Å². The van der Waals surface area contributed by atoms with Crippen molar-refractivity contribution < 1.29 is 15.0 Å². The minimum atomic E-state index is -0.407. The summed E-state index contributed by atoms with van der Waals surface area (Å²) in [4.78, 5) is 11.9. The first-order chi connectivity index (χ1) is 9.15. The fraction of sp³-hybridized carbons (Fsp3) is 0.533. The Morgan fingerprint density at radius 3 is 2.58 bits per heavy atom. The summed E-state index contributed by atoms with van der Waals surface area (Å²) in [6.07, 6.45) is 4.66. The number of carbonyl (C=O) groups is 1. The van der Waals surface area contributed by atoms with Gasteiger partial charge < -0.3 is 15.5 Å². The van der Waals surface area contributed by atoms with Crippen LogP contribution in [-0.2, 0) is 11.2 Å². The third kappa shape index (κ3) is 3.47. The molecule has 0 unspecified atom stereocenters.